The number of pyridine rings is 1. The molecule has 25 heavy (non-hydrogen) atoms. The quantitative estimate of drug-likeness (QED) is 0.785. The molecule has 0 spiro atoms. The van der Waals surface area contributed by atoms with Gasteiger partial charge in [0.05, 0.1) is 13.7 Å². The van der Waals surface area contributed by atoms with Crippen molar-refractivity contribution in [3.63, 3.8) is 0 Å². The number of methoxy groups -OCH3 is 1. The fraction of sp³-hybridized carbons (Fsp3) is 0.278. The number of ether oxygens (including phenoxy) is 2. The molecular formula is C18H21N3O4. The largest absolute Gasteiger partial charge is 0.493 e. The van der Waals surface area contributed by atoms with Crippen molar-refractivity contribution in [1.29, 1.82) is 0 Å². The number of amides is 2. The van der Waals surface area contributed by atoms with E-state index in [1.54, 1.807) is 43.3 Å². The maximum atomic E-state index is 12.2. The number of aromatic nitrogens is 1. The summed E-state index contributed by atoms with van der Waals surface area (Å²) < 4.78 is 10.8. The predicted molar refractivity (Wildman–Crippen MR) is 92.7 cm³/mol. The number of carbonyl (C=O) groups excluding carboxylic acids is 2. The van der Waals surface area contributed by atoms with E-state index in [-0.39, 0.29) is 5.69 Å². The summed E-state index contributed by atoms with van der Waals surface area (Å²) in [6.07, 6.45) is 0.865. The second-order valence-corrected chi connectivity index (χ2v) is 5.29. The number of aryl methyl sites for hydroxylation is 1. The number of hydrogen-bond acceptors (Lipinski definition) is 5. The maximum Gasteiger partial charge on any atom is 0.288 e. The molecule has 0 saturated heterocycles. The minimum absolute atomic E-state index is 0.223. The fourth-order valence-corrected chi connectivity index (χ4v) is 2.06. The van der Waals surface area contributed by atoms with Gasteiger partial charge in [-0.3, -0.25) is 20.4 Å². The van der Waals surface area contributed by atoms with Crippen LogP contribution in [0.4, 0.5) is 0 Å². The van der Waals surface area contributed by atoms with Gasteiger partial charge in [0.1, 0.15) is 5.69 Å². The summed E-state index contributed by atoms with van der Waals surface area (Å²) in [5.41, 5.74) is 5.96. The molecule has 0 radical (unpaired) electrons. The van der Waals surface area contributed by atoms with E-state index in [0.29, 0.717) is 29.4 Å². The minimum atomic E-state index is -0.494. The SMILES string of the molecule is CCCOc1ccc(C(=O)NNC(=O)c2cccc(C)n2)cc1OC. The molecule has 2 rings (SSSR count). The molecule has 1 aromatic carbocycles. The van der Waals surface area contributed by atoms with Gasteiger partial charge >= 0.3 is 0 Å². The van der Waals surface area contributed by atoms with Crippen LogP contribution in [0.5, 0.6) is 11.5 Å². The van der Waals surface area contributed by atoms with Crippen molar-refractivity contribution in [2.75, 3.05) is 13.7 Å². The highest BCUT2D eigenvalue weighted by Gasteiger charge is 2.13. The van der Waals surface area contributed by atoms with Gasteiger partial charge in [0, 0.05) is 11.3 Å². The topological polar surface area (TPSA) is 89.6 Å². The van der Waals surface area contributed by atoms with Crippen LogP contribution in [0.3, 0.4) is 0 Å². The van der Waals surface area contributed by atoms with Crippen LogP contribution in [0.1, 0.15) is 39.9 Å². The summed E-state index contributed by atoms with van der Waals surface area (Å²) in [4.78, 5) is 28.3. The summed E-state index contributed by atoms with van der Waals surface area (Å²) in [7, 11) is 1.50. The van der Waals surface area contributed by atoms with E-state index in [1.807, 2.05) is 6.92 Å². The van der Waals surface area contributed by atoms with Crippen molar-refractivity contribution in [3.8, 4) is 11.5 Å². The second-order valence-electron chi connectivity index (χ2n) is 5.29. The highest BCUT2D eigenvalue weighted by molar-refractivity contribution is 5.98. The normalized spacial score (nSPS) is 10.0. The van der Waals surface area contributed by atoms with Crippen LogP contribution in [0, 0.1) is 6.92 Å². The van der Waals surface area contributed by atoms with Crippen molar-refractivity contribution in [2.45, 2.75) is 20.3 Å². The van der Waals surface area contributed by atoms with E-state index < -0.39 is 11.8 Å². The standard InChI is InChI=1S/C18H21N3O4/c1-4-10-25-15-9-8-13(11-16(15)24-3)17(22)20-21-18(23)14-7-5-6-12(2)19-14/h5-9,11H,4,10H2,1-3H3,(H,20,22)(H,21,23). The monoisotopic (exact) mass is 343 g/mol. The first kappa shape index (κ1) is 18.3. The summed E-state index contributed by atoms with van der Waals surface area (Å²) in [6.45, 7) is 4.34. The number of carbonyl (C=O) groups is 2. The molecule has 2 aromatic rings. The first-order chi connectivity index (χ1) is 12.0. The fourth-order valence-electron chi connectivity index (χ4n) is 2.06. The molecule has 1 heterocycles. The molecule has 0 atom stereocenters. The molecule has 0 aliphatic carbocycles. The van der Waals surface area contributed by atoms with E-state index in [0.717, 1.165) is 6.42 Å². The Bertz CT molecular complexity index is 762. The van der Waals surface area contributed by atoms with E-state index in [9.17, 15) is 9.59 Å². The molecule has 0 saturated carbocycles. The van der Waals surface area contributed by atoms with E-state index in [4.69, 9.17) is 9.47 Å². The number of nitrogens with one attached hydrogen (secondary N) is 2. The minimum Gasteiger partial charge on any atom is -0.493 e. The molecule has 7 heteroatoms. The van der Waals surface area contributed by atoms with Gasteiger partial charge in [-0.2, -0.15) is 0 Å². The Morgan fingerprint density at radius 3 is 2.52 bits per heavy atom. The predicted octanol–water partition coefficient (Wildman–Crippen LogP) is 2.26. The number of hydrazine groups is 1. The van der Waals surface area contributed by atoms with Gasteiger partial charge in [-0.1, -0.05) is 13.0 Å². The molecule has 0 unspecified atom stereocenters. The Morgan fingerprint density at radius 2 is 1.84 bits per heavy atom. The number of benzene rings is 1. The van der Waals surface area contributed by atoms with Gasteiger partial charge in [0.25, 0.3) is 11.8 Å². The third-order valence-corrected chi connectivity index (χ3v) is 3.30. The summed E-state index contributed by atoms with van der Waals surface area (Å²) in [6, 6.07) is 9.88. The van der Waals surface area contributed by atoms with Crippen LogP contribution >= 0.6 is 0 Å². The lowest BCUT2D eigenvalue weighted by Gasteiger charge is -2.12. The van der Waals surface area contributed by atoms with Crippen LogP contribution < -0.4 is 20.3 Å². The van der Waals surface area contributed by atoms with Crippen molar-refractivity contribution in [2.24, 2.45) is 0 Å². The van der Waals surface area contributed by atoms with Gasteiger partial charge in [0.15, 0.2) is 11.5 Å². The number of rotatable bonds is 6. The average Bonchev–Trinajstić information content (AvgIpc) is 2.63. The average molecular weight is 343 g/mol. The third kappa shape index (κ3) is 4.94. The molecule has 7 nitrogen and oxygen atoms in total. The van der Waals surface area contributed by atoms with Crippen molar-refractivity contribution in [3.05, 3.63) is 53.3 Å². The summed E-state index contributed by atoms with van der Waals surface area (Å²) in [5, 5.41) is 0. The van der Waals surface area contributed by atoms with Crippen LogP contribution in [-0.2, 0) is 0 Å². The highest BCUT2D eigenvalue weighted by atomic mass is 16.5. The van der Waals surface area contributed by atoms with Gasteiger partial charge in [-0.05, 0) is 43.7 Å². The van der Waals surface area contributed by atoms with Crippen LogP contribution in [0.15, 0.2) is 36.4 Å². The summed E-state index contributed by atoms with van der Waals surface area (Å²) >= 11 is 0. The zero-order chi connectivity index (χ0) is 18.2. The first-order valence-corrected chi connectivity index (χ1v) is 7.90. The molecule has 0 bridgehead atoms. The van der Waals surface area contributed by atoms with E-state index >= 15 is 0 Å². The lowest BCUT2D eigenvalue weighted by molar-refractivity contribution is 0.0843. The lowest BCUT2D eigenvalue weighted by Crippen LogP contribution is -2.42. The maximum absolute atomic E-state index is 12.2. The molecule has 1 aromatic heterocycles. The smallest absolute Gasteiger partial charge is 0.288 e. The van der Waals surface area contributed by atoms with Crippen molar-refractivity contribution >= 4 is 11.8 Å². The number of nitrogens with zero attached hydrogens (tertiary/aromatic N) is 1. The number of hydrogen-bond donors (Lipinski definition) is 2. The van der Waals surface area contributed by atoms with E-state index in [1.165, 1.54) is 7.11 Å². The molecule has 2 N–H and O–H groups in total. The van der Waals surface area contributed by atoms with Gasteiger partial charge < -0.3 is 9.47 Å². The van der Waals surface area contributed by atoms with Gasteiger partial charge in [-0.25, -0.2) is 4.98 Å². The van der Waals surface area contributed by atoms with Crippen LogP contribution in [0.25, 0.3) is 0 Å². The Hall–Kier alpha value is -3.09. The molecule has 132 valence electrons. The molecular weight excluding hydrogens is 322 g/mol. The first-order valence-electron chi connectivity index (χ1n) is 7.90. The lowest BCUT2D eigenvalue weighted by atomic mass is 10.2. The molecule has 2 amide bonds. The highest BCUT2D eigenvalue weighted by Crippen LogP contribution is 2.28. The van der Waals surface area contributed by atoms with Crippen LogP contribution in [0.2, 0.25) is 0 Å². The summed E-state index contributed by atoms with van der Waals surface area (Å²) in [5.74, 6) is 0.0509. The van der Waals surface area contributed by atoms with Crippen molar-refractivity contribution in [1.82, 2.24) is 15.8 Å². The van der Waals surface area contributed by atoms with Gasteiger partial charge in [0.2, 0.25) is 0 Å². The molecule has 0 aliphatic rings. The molecule has 0 fully saturated rings. The Morgan fingerprint density at radius 1 is 1.08 bits per heavy atom. The Kier molecular flexibility index (Phi) is 6.33. The molecule has 0 aliphatic heterocycles. The third-order valence-electron chi connectivity index (χ3n) is 3.30. The second kappa shape index (κ2) is 8.68. The van der Waals surface area contributed by atoms with E-state index in [2.05, 4.69) is 15.8 Å². The van der Waals surface area contributed by atoms with Gasteiger partial charge in [-0.15, -0.1) is 0 Å². The zero-order valence-electron chi connectivity index (χ0n) is 14.5. The van der Waals surface area contributed by atoms with Crippen molar-refractivity contribution < 1.29 is 19.1 Å². The Balaban J connectivity index is 2.01. The zero-order valence-corrected chi connectivity index (χ0v) is 14.5. The van der Waals surface area contributed by atoms with Crippen LogP contribution in [-0.4, -0.2) is 30.5 Å². The Labute approximate surface area is 146 Å².